The van der Waals surface area contributed by atoms with Gasteiger partial charge in [0, 0.05) is 19.6 Å². The van der Waals surface area contributed by atoms with Crippen molar-refractivity contribution in [3.05, 3.63) is 39.7 Å². The highest BCUT2D eigenvalue weighted by Gasteiger charge is 2.30. The zero-order valence-corrected chi connectivity index (χ0v) is 14.9. The standard InChI is InChI=1S/C18H23FN4O4/c19-13-5-6-14(16(9-13)23(26)27)18(25)22-8-2-3-12(11-22)10-21-17(24)15-4-1-7-20-15/h5-6,9,12,15,20H,1-4,7-8,10-11H2,(H,21,24). The lowest BCUT2D eigenvalue weighted by atomic mass is 9.97. The van der Waals surface area contributed by atoms with Crippen molar-refractivity contribution in [3.8, 4) is 0 Å². The summed E-state index contributed by atoms with van der Waals surface area (Å²) >= 11 is 0. The Morgan fingerprint density at radius 2 is 2.15 bits per heavy atom. The van der Waals surface area contributed by atoms with Crippen LogP contribution in [0.2, 0.25) is 0 Å². The van der Waals surface area contributed by atoms with Crippen molar-refractivity contribution in [1.29, 1.82) is 0 Å². The van der Waals surface area contributed by atoms with Crippen LogP contribution in [0.3, 0.4) is 0 Å². The lowest BCUT2D eigenvalue weighted by molar-refractivity contribution is -0.385. The molecule has 9 heteroatoms. The second-order valence-electron chi connectivity index (χ2n) is 7.07. The Kier molecular flexibility index (Phi) is 6.00. The molecule has 0 bridgehead atoms. The predicted octanol–water partition coefficient (Wildman–Crippen LogP) is 1.45. The molecule has 2 unspecified atom stereocenters. The first-order valence-electron chi connectivity index (χ1n) is 9.20. The van der Waals surface area contributed by atoms with Gasteiger partial charge in [-0.2, -0.15) is 0 Å². The average Bonchev–Trinajstić information content (AvgIpc) is 3.20. The number of amides is 2. The lowest BCUT2D eigenvalue weighted by Crippen LogP contribution is -2.46. The Balaban J connectivity index is 1.61. The van der Waals surface area contributed by atoms with Crippen molar-refractivity contribution in [2.75, 3.05) is 26.2 Å². The minimum Gasteiger partial charge on any atom is -0.354 e. The van der Waals surface area contributed by atoms with Crippen LogP contribution in [-0.2, 0) is 4.79 Å². The molecule has 0 aliphatic carbocycles. The van der Waals surface area contributed by atoms with Crippen LogP contribution in [0.4, 0.5) is 10.1 Å². The van der Waals surface area contributed by atoms with Gasteiger partial charge in [0.1, 0.15) is 11.4 Å². The number of carbonyl (C=O) groups excluding carboxylic acids is 2. The molecule has 2 aliphatic heterocycles. The van der Waals surface area contributed by atoms with Gasteiger partial charge >= 0.3 is 0 Å². The summed E-state index contributed by atoms with van der Waals surface area (Å²) in [6, 6.07) is 2.83. The van der Waals surface area contributed by atoms with Crippen LogP contribution >= 0.6 is 0 Å². The van der Waals surface area contributed by atoms with Crippen molar-refractivity contribution < 1.29 is 18.9 Å². The minimum absolute atomic E-state index is 0.0230. The molecule has 3 rings (SSSR count). The van der Waals surface area contributed by atoms with Crippen molar-refractivity contribution in [1.82, 2.24) is 15.5 Å². The van der Waals surface area contributed by atoms with Gasteiger partial charge in [-0.25, -0.2) is 4.39 Å². The Morgan fingerprint density at radius 1 is 1.33 bits per heavy atom. The Bertz CT molecular complexity index is 736. The van der Waals surface area contributed by atoms with Crippen LogP contribution in [0.1, 0.15) is 36.0 Å². The second-order valence-corrected chi connectivity index (χ2v) is 7.07. The number of carbonyl (C=O) groups is 2. The smallest absolute Gasteiger partial charge is 0.285 e. The summed E-state index contributed by atoms with van der Waals surface area (Å²) in [5, 5.41) is 17.2. The molecule has 2 aliphatic rings. The monoisotopic (exact) mass is 378 g/mol. The summed E-state index contributed by atoms with van der Waals surface area (Å²) in [6.45, 7) is 2.21. The normalized spacial score (nSPS) is 22.5. The Hall–Kier alpha value is -2.55. The number of nitro groups is 1. The van der Waals surface area contributed by atoms with Gasteiger partial charge in [0.15, 0.2) is 0 Å². The maximum absolute atomic E-state index is 13.3. The lowest BCUT2D eigenvalue weighted by Gasteiger charge is -2.33. The summed E-state index contributed by atoms with van der Waals surface area (Å²) in [6.07, 6.45) is 3.44. The maximum atomic E-state index is 13.3. The van der Waals surface area contributed by atoms with E-state index in [1.54, 1.807) is 4.90 Å². The number of nitrogens with one attached hydrogen (secondary N) is 2. The van der Waals surface area contributed by atoms with Crippen LogP contribution in [0, 0.1) is 21.8 Å². The zero-order valence-electron chi connectivity index (χ0n) is 14.9. The van der Waals surface area contributed by atoms with Crippen LogP contribution < -0.4 is 10.6 Å². The molecule has 2 N–H and O–H groups in total. The molecule has 1 aromatic rings. The van der Waals surface area contributed by atoms with E-state index in [4.69, 9.17) is 0 Å². The zero-order chi connectivity index (χ0) is 19.4. The molecule has 1 aromatic carbocycles. The van der Waals surface area contributed by atoms with Gasteiger partial charge in [0.05, 0.1) is 17.0 Å². The fraction of sp³-hybridized carbons (Fsp3) is 0.556. The average molecular weight is 378 g/mol. The summed E-state index contributed by atoms with van der Waals surface area (Å²) in [5.74, 6) is -1.16. The molecule has 146 valence electrons. The van der Waals surface area contributed by atoms with E-state index in [0.717, 1.165) is 50.4 Å². The number of hydrogen-bond donors (Lipinski definition) is 2. The molecule has 2 saturated heterocycles. The third-order valence-corrected chi connectivity index (χ3v) is 5.13. The molecular formula is C18H23FN4O4. The number of halogens is 1. The van der Waals surface area contributed by atoms with E-state index in [2.05, 4.69) is 10.6 Å². The second kappa shape index (κ2) is 8.43. The quantitative estimate of drug-likeness (QED) is 0.596. The molecular weight excluding hydrogens is 355 g/mol. The highest BCUT2D eigenvalue weighted by molar-refractivity contribution is 5.98. The summed E-state index contributed by atoms with van der Waals surface area (Å²) in [7, 11) is 0. The van der Waals surface area contributed by atoms with Gasteiger partial charge in [0.25, 0.3) is 11.6 Å². The van der Waals surface area contributed by atoms with Crippen molar-refractivity contribution in [2.45, 2.75) is 31.7 Å². The fourth-order valence-electron chi connectivity index (χ4n) is 3.70. The van der Waals surface area contributed by atoms with Gasteiger partial charge in [0.2, 0.25) is 5.91 Å². The van der Waals surface area contributed by atoms with Gasteiger partial charge in [-0.05, 0) is 50.3 Å². The minimum atomic E-state index is -0.752. The van der Waals surface area contributed by atoms with Crippen LogP contribution in [0.15, 0.2) is 18.2 Å². The highest BCUT2D eigenvalue weighted by atomic mass is 19.1. The molecule has 8 nitrogen and oxygen atoms in total. The summed E-state index contributed by atoms with van der Waals surface area (Å²) in [4.78, 5) is 36.8. The highest BCUT2D eigenvalue weighted by Crippen LogP contribution is 2.24. The van der Waals surface area contributed by atoms with E-state index in [1.165, 1.54) is 0 Å². The van der Waals surface area contributed by atoms with Gasteiger partial charge in [-0.3, -0.25) is 19.7 Å². The van der Waals surface area contributed by atoms with Crippen LogP contribution in [0.25, 0.3) is 0 Å². The van der Waals surface area contributed by atoms with Gasteiger partial charge in [-0.1, -0.05) is 0 Å². The third kappa shape index (κ3) is 4.60. The molecule has 2 fully saturated rings. The molecule has 2 amide bonds. The molecule has 0 aromatic heterocycles. The number of likely N-dealkylation sites (tertiary alicyclic amines) is 1. The van der Waals surface area contributed by atoms with Gasteiger partial charge in [-0.15, -0.1) is 0 Å². The fourth-order valence-corrected chi connectivity index (χ4v) is 3.70. The van der Waals surface area contributed by atoms with E-state index >= 15 is 0 Å². The van der Waals surface area contributed by atoms with Crippen LogP contribution in [-0.4, -0.2) is 53.9 Å². The molecule has 2 heterocycles. The SMILES string of the molecule is O=C(NCC1CCCN(C(=O)c2ccc(F)cc2[N+](=O)[O-])C1)C1CCCN1. The van der Waals surface area contributed by atoms with Crippen LogP contribution in [0.5, 0.6) is 0 Å². The third-order valence-electron chi connectivity index (χ3n) is 5.13. The Morgan fingerprint density at radius 3 is 2.85 bits per heavy atom. The molecule has 0 spiro atoms. The van der Waals surface area contributed by atoms with E-state index in [9.17, 15) is 24.1 Å². The first-order valence-corrected chi connectivity index (χ1v) is 9.20. The molecule has 27 heavy (non-hydrogen) atoms. The number of hydrogen-bond acceptors (Lipinski definition) is 5. The number of nitrogens with zero attached hydrogens (tertiary/aromatic N) is 2. The van der Waals surface area contributed by atoms with E-state index < -0.39 is 22.3 Å². The van der Waals surface area contributed by atoms with Crippen molar-refractivity contribution in [3.63, 3.8) is 0 Å². The first kappa shape index (κ1) is 19.2. The van der Waals surface area contributed by atoms with E-state index in [0.29, 0.717) is 19.6 Å². The van der Waals surface area contributed by atoms with Gasteiger partial charge < -0.3 is 15.5 Å². The topological polar surface area (TPSA) is 105 Å². The first-order chi connectivity index (χ1) is 13.0. The van der Waals surface area contributed by atoms with Crippen molar-refractivity contribution >= 4 is 17.5 Å². The van der Waals surface area contributed by atoms with E-state index in [1.807, 2.05) is 0 Å². The molecule has 0 saturated carbocycles. The number of rotatable bonds is 5. The molecule has 2 atom stereocenters. The maximum Gasteiger partial charge on any atom is 0.285 e. The molecule has 0 radical (unpaired) electrons. The summed E-state index contributed by atoms with van der Waals surface area (Å²) < 4.78 is 13.3. The predicted molar refractivity (Wildman–Crippen MR) is 95.7 cm³/mol. The Labute approximate surface area is 156 Å². The van der Waals surface area contributed by atoms with E-state index in [-0.39, 0.29) is 23.4 Å². The number of piperidine rings is 1. The largest absolute Gasteiger partial charge is 0.354 e. The number of benzene rings is 1. The number of nitro benzene ring substituents is 1. The summed E-state index contributed by atoms with van der Waals surface area (Å²) in [5.41, 5.74) is -0.635. The van der Waals surface area contributed by atoms with Crippen molar-refractivity contribution in [2.24, 2.45) is 5.92 Å².